The number of hydrogen-bond donors (Lipinski definition) is 3. The van der Waals surface area contributed by atoms with E-state index in [1.165, 1.54) is 6.07 Å². The van der Waals surface area contributed by atoms with Crippen molar-refractivity contribution >= 4 is 0 Å². The quantitative estimate of drug-likeness (QED) is 0.529. The average molecular weight is 217 g/mol. The molecule has 1 aromatic heterocycles. The Morgan fingerprint density at radius 3 is 2.19 bits per heavy atom. The van der Waals surface area contributed by atoms with Gasteiger partial charge in [0.15, 0.2) is 11.5 Å². The Bertz CT molecular complexity index is 497. The number of pyridine rings is 1. The standard InChI is InChI=1S/C12H11NO3/c14-10-7-12(16)11(15)6-9(10)5-8-1-3-13-4-2-8/h1-4,6-7,14-16H,5H2. The molecule has 0 atom stereocenters. The Labute approximate surface area is 92.5 Å². The van der Waals surface area contributed by atoms with Crippen LogP contribution in [0.1, 0.15) is 11.1 Å². The maximum Gasteiger partial charge on any atom is 0.161 e. The molecule has 16 heavy (non-hydrogen) atoms. The molecular formula is C12H11NO3. The number of benzene rings is 1. The fraction of sp³-hybridized carbons (Fsp3) is 0.0833. The molecule has 0 saturated heterocycles. The lowest BCUT2D eigenvalue weighted by Gasteiger charge is -2.06. The Hall–Kier alpha value is -2.23. The summed E-state index contributed by atoms with van der Waals surface area (Å²) in [5, 5.41) is 28.1. The van der Waals surface area contributed by atoms with Gasteiger partial charge in [0.25, 0.3) is 0 Å². The molecule has 2 aromatic rings. The van der Waals surface area contributed by atoms with Gasteiger partial charge in [-0.05, 0) is 23.8 Å². The molecule has 1 heterocycles. The van der Waals surface area contributed by atoms with E-state index < -0.39 is 0 Å². The first-order valence-corrected chi connectivity index (χ1v) is 4.79. The van der Waals surface area contributed by atoms with Crippen molar-refractivity contribution in [3.8, 4) is 17.2 Å². The molecule has 82 valence electrons. The predicted molar refractivity (Wildman–Crippen MR) is 58.5 cm³/mol. The summed E-state index contributed by atoms with van der Waals surface area (Å²) in [6, 6.07) is 6.13. The van der Waals surface area contributed by atoms with Gasteiger partial charge in [-0.25, -0.2) is 0 Å². The summed E-state index contributed by atoms with van der Waals surface area (Å²) in [5.74, 6) is -0.593. The van der Waals surface area contributed by atoms with E-state index in [0.29, 0.717) is 12.0 Å². The predicted octanol–water partition coefficient (Wildman–Crippen LogP) is 1.79. The molecular weight excluding hydrogens is 206 g/mol. The second kappa shape index (κ2) is 4.10. The van der Waals surface area contributed by atoms with Crippen LogP contribution >= 0.6 is 0 Å². The largest absolute Gasteiger partial charge is 0.508 e. The van der Waals surface area contributed by atoms with Crippen molar-refractivity contribution in [3.63, 3.8) is 0 Å². The number of phenols is 3. The first-order chi connectivity index (χ1) is 7.66. The number of nitrogens with zero attached hydrogens (tertiary/aromatic N) is 1. The Balaban J connectivity index is 2.32. The molecule has 1 aromatic carbocycles. The topological polar surface area (TPSA) is 73.6 Å². The molecule has 0 aliphatic heterocycles. The molecule has 3 N–H and O–H groups in total. The van der Waals surface area contributed by atoms with Gasteiger partial charge in [-0.2, -0.15) is 0 Å². The summed E-state index contributed by atoms with van der Waals surface area (Å²) < 4.78 is 0. The zero-order valence-electron chi connectivity index (χ0n) is 8.46. The van der Waals surface area contributed by atoms with Crippen molar-refractivity contribution < 1.29 is 15.3 Å². The van der Waals surface area contributed by atoms with Gasteiger partial charge in [0.1, 0.15) is 5.75 Å². The van der Waals surface area contributed by atoms with Gasteiger partial charge >= 0.3 is 0 Å². The lowest BCUT2D eigenvalue weighted by molar-refractivity contribution is 0.395. The third-order valence-corrected chi connectivity index (χ3v) is 2.32. The second-order valence-electron chi connectivity index (χ2n) is 3.50. The molecule has 0 aliphatic rings. The molecule has 0 radical (unpaired) electrons. The highest BCUT2D eigenvalue weighted by molar-refractivity contribution is 5.49. The van der Waals surface area contributed by atoms with Crippen LogP contribution in [0.5, 0.6) is 17.2 Å². The summed E-state index contributed by atoms with van der Waals surface area (Å²) in [6.45, 7) is 0. The summed E-state index contributed by atoms with van der Waals surface area (Å²) in [7, 11) is 0. The van der Waals surface area contributed by atoms with Crippen molar-refractivity contribution in [3.05, 3.63) is 47.8 Å². The van der Waals surface area contributed by atoms with Crippen LogP contribution in [0.25, 0.3) is 0 Å². The van der Waals surface area contributed by atoms with Crippen LogP contribution in [0.4, 0.5) is 0 Å². The van der Waals surface area contributed by atoms with E-state index in [0.717, 1.165) is 11.6 Å². The van der Waals surface area contributed by atoms with Gasteiger partial charge in [-0.3, -0.25) is 4.98 Å². The van der Waals surface area contributed by atoms with Gasteiger partial charge < -0.3 is 15.3 Å². The first-order valence-electron chi connectivity index (χ1n) is 4.79. The summed E-state index contributed by atoms with van der Waals surface area (Å²) in [5.41, 5.74) is 1.52. The maximum absolute atomic E-state index is 9.59. The lowest BCUT2D eigenvalue weighted by Crippen LogP contribution is -1.89. The third kappa shape index (κ3) is 2.06. The first kappa shape index (κ1) is 10.3. The zero-order chi connectivity index (χ0) is 11.5. The van der Waals surface area contributed by atoms with E-state index in [-0.39, 0.29) is 17.2 Å². The number of hydrogen-bond acceptors (Lipinski definition) is 4. The van der Waals surface area contributed by atoms with E-state index in [9.17, 15) is 15.3 Å². The van der Waals surface area contributed by atoms with Crippen LogP contribution in [0.2, 0.25) is 0 Å². The molecule has 0 unspecified atom stereocenters. The lowest BCUT2D eigenvalue weighted by atomic mass is 10.0. The van der Waals surface area contributed by atoms with Gasteiger partial charge in [0.05, 0.1) is 0 Å². The third-order valence-electron chi connectivity index (χ3n) is 2.32. The molecule has 0 spiro atoms. The fourth-order valence-electron chi connectivity index (χ4n) is 1.47. The van der Waals surface area contributed by atoms with Crippen LogP contribution in [-0.2, 0) is 6.42 Å². The minimum atomic E-state index is -0.323. The Kier molecular flexibility index (Phi) is 2.64. The van der Waals surface area contributed by atoms with E-state index in [4.69, 9.17) is 0 Å². The highest BCUT2D eigenvalue weighted by Gasteiger charge is 2.08. The van der Waals surface area contributed by atoms with Crippen LogP contribution in [0, 0.1) is 0 Å². The van der Waals surface area contributed by atoms with Gasteiger partial charge in [0, 0.05) is 30.4 Å². The maximum atomic E-state index is 9.59. The second-order valence-corrected chi connectivity index (χ2v) is 3.50. The van der Waals surface area contributed by atoms with Crippen molar-refractivity contribution in [2.45, 2.75) is 6.42 Å². The highest BCUT2D eigenvalue weighted by Crippen LogP contribution is 2.33. The molecule has 0 bridgehead atoms. The van der Waals surface area contributed by atoms with E-state index in [2.05, 4.69) is 4.98 Å². The van der Waals surface area contributed by atoms with E-state index in [1.54, 1.807) is 12.4 Å². The summed E-state index contributed by atoms with van der Waals surface area (Å²) in [4.78, 5) is 3.89. The molecule has 0 aliphatic carbocycles. The van der Waals surface area contributed by atoms with Crippen molar-refractivity contribution in [2.75, 3.05) is 0 Å². The van der Waals surface area contributed by atoms with Crippen molar-refractivity contribution in [1.29, 1.82) is 0 Å². The zero-order valence-corrected chi connectivity index (χ0v) is 8.46. The van der Waals surface area contributed by atoms with Crippen molar-refractivity contribution in [1.82, 2.24) is 4.98 Å². The van der Waals surface area contributed by atoms with Gasteiger partial charge in [-0.1, -0.05) is 0 Å². The Morgan fingerprint density at radius 1 is 0.875 bits per heavy atom. The van der Waals surface area contributed by atoms with E-state index >= 15 is 0 Å². The molecule has 0 saturated carbocycles. The Morgan fingerprint density at radius 2 is 1.50 bits per heavy atom. The number of phenolic OH excluding ortho intramolecular Hbond substituents is 3. The summed E-state index contributed by atoms with van der Waals surface area (Å²) >= 11 is 0. The molecule has 0 fully saturated rings. The molecule has 4 heteroatoms. The highest BCUT2D eigenvalue weighted by atomic mass is 16.3. The van der Waals surface area contributed by atoms with Gasteiger partial charge in [-0.15, -0.1) is 0 Å². The van der Waals surface area contributed by atoms with Crippen LogP contribution in [-0.4, -0.2) is 20.3 Å². The number of rotatable bonds is 2. The monoisotopic (exact) mass is 217 g/mol. The number of aromatic nitrogens is 1. The normalized spacial score (nSPS) is 10.2. The molecule has 2 rings (SSSR count). The van der Waals surface area contributed by atoms with Crippen molar-refractivity contribution in [2.24, 2.45) is 0 Å². The SMILES string of the molecule is Oc1cc(O)c(Cc2ccncc2)cc1O. The fourth-order valence-corrected chi connectivity index (χ4v) is 1.47. The smallest absolute Gasteiger partial charge is 0.161 e. The van der Waals surface area contributed by atoms with Crippen LogP contribution in [0.3, 0.4) is 0 Å². The minimum Gasteiger partial charge on any atom is -0.508 e. The van der Waals surface area contributed by atoms with Crippen LogP contribution in [0.15, 0.2) is 36.7 Å². The van der Waals surface area contributed by atoms with Gasteiger partial charge in [0.2, 0.25) is 0 Å². The minimum absolute atomic E-state index is 0.0351. The molecule has 0 amide bonds. The molecule has 4 nitrogen and oxygen atoms in total. The summed E-state index contributed by atoms with van der Waals surface area (Å²) in [6.07, 6.45) is 3.79. The van der Waals surface area contributed by atoms with Crippen LogP contribution < -0.4 is 0 Å². The van der Waals surface area contributed by atoms with E-state index in [1.807, 2.05) is 12.1 Å². The number of aromatic hydroxyl groups is 3. The average Bonchev–Trinajstić information content (AvgIpc) is 2.27.